The molecule has 33 heavy (non-hydrogen) atoms. The third-order valence-electron chi connectivity index (χ3n) is 4.95. The van der Waals surface area contributed by atoms with E-state index >= 15 is 0 Å². The maximum Gasteiger partial charge on any atom is 0.273 e. The van der Waals surface area contributed by atoms with Gasteiger partial charge in [-0.2, -0.15) is 0 Å². The number of methoxy groups -OCH3 is 1. The topological polar surface area (TPSA) is 106 Å². The number of carbonyl (C=O) groups excluding carboxylic acids is 1. The van der Waals surface area contributed by atoms with Crippen LogP contribution in [0.25, 0.3) is 11.4 Å². The van der Waals surface area contributed by atoms with Crippen LogP contribution in [0.3, 0.4) is 0 Å². The number of aromatic amines is 1. The Kier molecular flexibility index (Phi) is 8.76. The number of benzene rings is 2. The molecule has 1 aromatic heterocycles. The molecule has 2 N–H and O–H groups in total. The van der Waals surface area contributed by atoms with Crippen molar-refractivity contribution in [3.8, 4) is 22.9 Å². The lowest BCUT2D eigenvalue weighted by molar-refractivity contribution is -0.121. The van der Waals surface area contributed by atoms with Crippen LogP contribution in [0.15, 0.2) is 66.0 Å². The van der Waals surface area contributed by atoms with Crippen molar-refractivity contribution in [1.82, 2.24) is 20.5 Å². The molecule has 0 radical (unpaired) electrons. The molecular formula is C25H28N4O4. The van der Waals surface area contributed by atoms with E-state index in [0.717, 1.165) is 12.8 Å². The lowest BCUT2D eigenvalue weighted by atomic mass is 10.1. The van der Waals surface area contributed by atoms with Gasteiger partial charge in [-0.05, 0) is 36.6 Å². The molecule has 0 aliphatic heterocycles. The second kappa shape index (κ2) is 12.2. The third-order valence-corrected chi connectivity index (χ3v) is 4.95. The standard InChI is InChI=1S/C25H28N4O4/c1-3-16-33-21-13-11-19(17-22(21)32-2)24-27-25(31)20(28-29-24)12-14-23(30)26-15-7-10-18-8-5-4-6-9-18/h3-6,8-9,11,13,17H,1,7,10,12,14-16H2,2H3,(H,26,30)(H,27,29,31). The van der Waals surface area contributed by atoms with Crippen molar-refractivity contribution in [2.45, 2.75) is 25.7 Å². The van der Waals surface area contributed by atoms with Gasteiger partial charge in [0.25, 0.3) is 5.56 Å². The fourth-order valence-corrected chi connectivity index (χ4v) is 3.22. The SMILES string of the molecule is C=CCOc1ccc(-c2nnc(CCC(=O)NCCCc3ccccc3)c(=O)[nH]2)cc1OC. The van der Waals surface area contributed by atoms with Gasteiger partial charge in [0, 0.05) is 24.9 Å². The Morgan fingerprint density at radius 3 is 2.67 bits per heavy atom. The summed E-state index contributed by atoms with van der Waals surface area (Å²) in [6.45, 7) is 4.56. The smallest absolute Gasteiger partial charge is 0.273 e. The quantitative estimate of drug-likeness (QED) is 0.326. The van der Waals surface area contributed by atoms with E-state index in [4.69, 9.17) is 9.47 Å². The van der Waals surface area contributed by atoms with Crippen LogP contribution in [0.1, 0.15) is 24.1 Å². The summed E-state index contributed by atoms with van der Waals surface area (Å²) in [5.74, 6) is 1.25. The number of H-pyrrole nitrogens is 1. The van der Waals surface area contributed by atoms with E-state index in [1.165, 1.54) is 12.7 Å². The number of amides is 1. The molecule has 1 amide bonds. The lowest BCUT2D eigenvalue weighted by Gasteiger charge is -2.10. The van der Waals surface area contributed by atoms with Crippen LogP contribution in [0.2, 0.25) is 0 Å². The lowest BCUT2D eigenvalue weighted by Crippen LogP contribution is -2.26. The van der Waals surface area contributed by atoms with Crippen LogP contribution in [0, 0.1) is 0 Å². The molecule has 0 aliphatic rings. The van der Waals surface area contributed by atoms with Crippen molar-refractivity contribution in [3.05, 3.63) is 82.8 Å². The van der Waals surface area contributed by atoms with Gasteiger partial charge in [0.2, 0.25) is 5.91 Å². The molecule has 0 spiro atoms. The maximum atomic E-state index is 12.4. The molecule has 0 atom stereocenters. The highest BCUT2D eigenvalue weighted by Gasteiger charge is 2.12. The highest BCUT2D eigenvalue weighted by atomic mass is 16.5. The van der Waals surface area contributed by atoms with Crippen LogP contribution < -0.4 is 20.3 Å². The van der Waals surface area contributed by atoms with Crippen LogP contribution >= 0.6 is 0 Å². The van der Waals surface area contributed by atoms with Gasteiger partial charge in [0.15, 0.2) is 17.3 Å². The van der Waals surface area contributed by atoms with Gasteiger partial charge in [-0.1, -0.05) is 43.0 Å². The zero-order valence-corrected chi connectivity index (χ0v) is 18.7. The van der Waals surface area contributed by atoms with E-state index < -0.39 is 0 Å². The molecule has 8 heteroatoms. The van der Waals surface area contributed by atoms with Crippen molar-refractivity contribution in [1.29, 1.82) is 0 Å². The van der Waals surface area contributed by atoms with Crippen molar-refractivity contribution >= 4 is 5.91 Å². The number of aryl methyl sites for hydroxylation is 2. The highest BCUT2D eigenvalue weighted by Crippen LogP contribution is 2.31. The molecule has 0 aliphatic carbocycles. The molecule has 2 aromatic carbocycles. The van der Waals surface area contributed by atoms with E-state index in [9.17, 15) is 9.59 Å². The van der Waals surface area contributed by atoms with Crippen molar-refractivity contribution in [2.75, 3.05) is 20.3 Å². The van der Waals surface area contributed by atoms with Gasteiger partial charge in [-0.25, -0.2) is 0 Å². The first-order valence-electron chi connectivity index (χ1n) is 10.8. The minimum atomic E-state index is -0.372. The Morgan fingerprint density at radius 2 is 1.94 bits per heavy atom. The Bertz CT molecular complexity index is 1130. The minimum Gasteiger partial charge on any atom is -0.493 e. The predicted octanol–water partition coefficient (Wildman–Crippen LogP) is 3.09. The summed E-state index contributed by atoms with van der Waals surface area (Å²) in [5, 5.41) is 11.0. The minimum absolute atomic E-state index is 0.117. The largest absolute Gasteiger partial charge is 0.493 e. The fourth-order valence-electron chi connectivity index (χ4n) is 3.22. The summed E-state index contributed by atoms with van der Waals surface area (Å²) in [7, 11) is 1.53. The molecule has 0 saturated carbocycles. The summed E-state index contributed by atoms with van der Waals surface area (Å²) >= 11 is 0. The summed E-state index contributed by atoms with van der Waals surface area (Å²) in [6, 6.07) is 15.3. The summed E-state index contributed by atoms with van der Waals surface area (Å²) in [4.78, 5) is 27.3. The normalized spacial score (nSPS) is 10.5. The van der Waals surface area contributed by atoms with Gasteiger partial charge in [0.1, 0.15) is 12.3 Å². The number of nitrogens with zero attached hydrogens (tertiary/aromatic N) is 2. The van der Waals surface area contributed by atoms with Crippen LogP contribution in [-0.2, 0) is 17.6 Å². The van der Waals surface area contributed by atoms with Crippen molar-refractivity contribution in [2.24, 2.45) is 0 Å². The van der Waals surface area contributed by atoms with E-state index in [-0.39, 0.29) is 30.0 Å². The van der Waals surface area contributed by atoms with Crippen LogP contribution in [0.5, 0.6) is 11.5 Å². The van der Waals surface area contributed by atoms with Gasteiger partial charge in [-0.3, -0.25) is 9.59 Å². The molecule has 8 nitrogen and oxygen atoms in total. The second-order valence-corrected chi connectivity index (χ2v) is 7.35. The summed E-state index contributed by atoms with van der Waals surface area (Å²) < 4.78 is 10.9. The Balaban J connectivity index is 1.52. The zero-order chi connectivity index (χ0) is 23.5. The van der Waals surface area contributed by atoms with Crippen LogP contribution in [-0.4, -0.2) is 41.3 Å². The molecular weight excluding hydrogens is 420 g/mol. The van der Waals surface area contributed by atoms with Gasteiger partial charge in [0.05, 0.1) is 7.11 Å². The average Bonchev–Trinajstić information content (AvgIpc) is 2.85. The fraction of sp³-hybridized carbons (Fsp3) is 0.280. The monoisotopic (exact) mass is 448 g/mol. The number of rotatable bonds is 12. The Hall–Kier alpha value is -3.94. The van der Waals surface area contributed by atoms with Crippen molar-refractivity contribution < 1.29 is 14.3 Å². The number of hydrogen-bond acceptors (Lipinski definition) is 6. The van der Waals surface area contributed by atoms with Gasteiger partial charge < -0.3 is 19.8 Å². The molecule has 3 rings (SSSR count). The van der Waals surface area contributed by atoms with E-state index in [2.05, 4.69) is 39.2 Å². The van der Waals surface area contributed by atoms with Crippen molar-refractivity contribution in [3.63, 3.8) is 0 Å². The molecule has 3 aromatic rings. The van der Waals surface area contributed by atoms with Gasteiger partial charge in [-0.15, -0.1) is 10.2 Å². The molecule has 172 valence electrons. The Labute approximate surface area is 192 Å². The summed E-state index contributed by atoms with van der Waals surface area (Å²) in [6.07, 6.45) is 3.78. The van der Waals surface area contributed by atoms with Gasteiger partial charge >= 0.3 is 0 Å². The molecule has 0 unspecified atom stereocenters. The number of aromatic nitrogens is 3. The molecule has 0 saturated heterocycles. The first-order valence-corrected chi connectivity index (χ1v) is 10.8. The third kappa shape index (κ3) is 7.03. The molecule has 0 fully saturated rings. The number of nitrogens with one attached hydrogen (secondary N) is 2. The van der Waals surface area contributed by atoms with E-state index in [1.54, 1.807) is 24.3 Å². The number of ether oxygens (including phenoxy) is 2. The highest BCUT2D eigenvalue weighted by molar-refractivity contribution is 5.76. The maximum absolute atomic E-state index is 12.4. The number of hydrogen-bond donors (Lipinski definition) is 2. The van der Waals surface area contributed by atoms with E-state index in [1.807, 2.05) is 18.2 Å². The molecule has 1 heterocycles. The first-order chi connectivity index (χ1) is 16.1. The second-order valence-electron chi connectivity index (χ2n) is 7.35. The average molecular weight is 449 g/mol. The molecule has 0 bridgehead atoms. The predicted molar refractivity (Wildman–Crippen MR) is 126 cm³/mol. The van der Waals surface area contributed by atoms with Crippen LogP contribution in [0.4, 0.5) is 0 Å². The zero-order valence-electron chi connectivity index (χ0n) is 18.7. The summed E-state index contributed by atoms with van der Waals surface area (Å²) in [5.41, 5.74) is 1.72. The number of carbonyl (C=O) groups is 1. The Morgan fingerprint density at radius 1 is 1.12 bits per heavy atom. The first kappa shape index (κ1) is 23.7. The van der Waals surface area contributed by atoms with E-state index in [0.29, 0.717) is 36.0 Å².